The molecule has 0 fully saturated rings. The molecule has 2 rings (SSSR count). The van der Waals surface area contributed by atoms with Gasteiger partial charge in [-0.1, -0.05) is 17.7 Å². The Balaban J connectivity index is 2.39. The lowest BCUT2D eigenvalue weighted by Gasteiger charge is -2.05. The molecule has 0 atom stereocenters. The summed E-state index contributed by atoms with van der Waals surface area (Å²) >= 11 is 5.72. The quantitative estimate of drug-likeness (QED) is 0.637. The predicted molar refractivity (Wildman–Crippen MR) is 70.4 cm³/mol. The summed E-state index contributed by atoms with van der Waals surface area (Å²) in [4.78, 5) is 21.8. The number of aryl methyl sites for hydroxylation is 1. The zero-order valence-corrected chi connectivity index (χ0v) is 10.8. The van der Waals surface area contributed by atoms with Crippen LogP contribution in [0.3, 0.4) is 0 Å². The summed E-state index contributed by atoms with van der Waals surface area (Å²) in [6, 6.07) is 7.44. The van der Waals surface area contributed by atoms with E-state index in [4.69, 9.17) is 11.6 Å². The molecule has 19 heavy (non-hydrogen) atoms. The molecule has 0 unspecified atom stereocenters. The number of hydrogen-bond acceptors (Lipinski definition) is 4. The standard InChI is InChI=1S/C12H10ClN3O3/c1-8-2-5-12(17)15(14-8)7-9-3-4-10(13)11(6-9)16(18)19/h2-6H,7H2,1H3. The summed E-state index contributed by atoms with van der Waals surface area (Å²) in [5.74, 6) is 0. The SMILES string of the molecule is Cc1ccc(=O)n(Cc2ccc(Cl)c([N+](=O)[O-])c2)n1. The maximum Gasteiger partial charge on any atom is 0.288 e. The average Bonchev–Trinajstić information content (AvgIpc) is 2.36. The minimum Gasteiger partial charge on any atom is -0.268 e. The number of nitro benzene ring substituents is 1. The van der Waals surface area contributed by atoms with Crippen molar-refractivity contribution in [3.05, 3.63) is 67.1 Å². The molecular formula is C12H10ClN3O3. The fourth-order valence-electron chi connectivity index (χ4n) is 1.63. The largest absolute Gasteiger partial charge is 0.288 e. The molecule has 0 saturated heterocycles. The highest BCUT2D eigenvalue weighted by atomic mass is 35.5. The van der Waals surface area contributed by atoms with Gasteiger partial charge < -0.3 is 0 Å². The Hall–Kier alpha value is -2.21. The normalized spacial score (nSPS) is 10.4. The van der Waals surface area contributed by atoms with Crippen LogP contribution in [0.4, 0.5) is 5.69 Å². The van der Waals surface area contributed by atoms with E-state index >= 15 is 0 Å². The highest BCUT2D eigenvalue weighted by molar-refractivity contribution is 6.32. The average molecular weight is 280 g/mol. The summed E-state index contributed by atoms with van der Waals surface area (Å²) < 4.78 is 1.25. The number of nitro groups is 1. The zero-order chi connectivity index (χ0) is 14.0. The van der Waals surface area contributed by atoms with Gasteiger partial charge in [0, 0.05) is 12.1 Å². The molecule has 0 aliphatic rings. The molecule has 0 aliphatic heterocycles. The van der Waals surface area contributed by atoms with Gasteiger partial charge in [-0.3, -0.25) is 14.9 Å². The van der Waals surface area contributed by atoms with Crippen LogP contribution in [0.5, 0.6) is 0 Å². The predicted octanol–water partition coefficient (Wildman–Crippen LogP) is 2.16. The van der Waals surface area contributed by atoms with Crippen LogP contribution in [-0.2, 0) is 6.54 Å². The molecule has 0 bridgehead atoms. The van der Waals surface area contributed by atoms with Crippen molar-refractivity contribution in [1.82, 2.24) is 9.78 Å². The van der Waals surface area contributed by atoms with E-state index in [0.29, 0.717) is 11.3 Å². The third-order valence-corrected chi connectivity index (χ3v) is 2.86. The van der Waals surface area contributed by atoms with Crippen LogP contribution in [0.2, 0.25) is 5.02 Å². The van der Waals surface area contributed by atoms with Crippen LogP contribution in [0.1, 0.15) is 11.3 Å². The molecule has 7 heteroatoms. The van der Waals surface area contributed by atoms with Crippen molar-refractivity contribution >= 4 is 17.3 Å². The van der Waals surface area contributed by atoms with E-state index in [1.54, 1.807) is 19.1 Å². The van der Waals surface area contributed by atoms with Gasteiger partial charge >= 0.3 is 0 Å². The van der Waals surface area contributed by atoms with Crippen molar-refractivity contribution in [1.29, 1.82) is 0 Å². The van der Waals surface area contributed by atoms with Crippen LogP contribution >= 0.6 is 11.6 Å². The Morgan fingerprint density at radius 1 is 1.37 bits per heavy atom. The number of nitrogens with zero attached hydrogens (tertiary/aromatic N) is 3. The van der Waals surface area contributed by atoms with Crippen molar-refractivity contribution in [3.8, 4) is 0 Å². The van der Waals surface area contributed by atoms with Crippen LogP contribution in [0, 0.1) is 17.0 Å². The number of halogens is 1. The zero-order valence-electron chi connectivity index (χ0n) is 10.0. The fraction of sp³-hybridized carbons (Fsp3) is 0.167. The third-order valence-electron chi connectivity index (χ3n) is 2.54. The second-order valence-electron chi connectivity index (χ2n) is 4.01. The van der Waals surface area contributed by atoms with Crippen LogP contribution in [-0.4, -0.2) is 14.7 Å². The molecule has 98 valence electrons. The Bertz CT molecular complexity index is 697. The Morgan fingerprint density at radius 3 is 2.79 bits per heavy atom. The van der Waals surface area contributed by atoms with Crippen molar-refractivity contribution < 1.29 is 4.92 Å². The van der Waals surface area contributed by atoms with Crippen molar-refractivity contribution in [2.45, 2.75) is 13.5 Å². The summed E-state index contributed by atoms with van der Waals surface area (Å²) in [6.07, 6.45) is 0. The van der Waals surface area contributed by atoms with E-state index in [2.05, 4.69) is 5.10 Å². The summed E-state index contributed by atoms with van der Waals surface area (Å²) in [6.45, 7) is 1.93. The second kappa shape index (κ2) is 5.19. The maximum absolute atomic E-state index is 11.6. The molecule has 1 aromatic heterocycles. The monoisotopic (exact) mass is 279 g/mol. The van der Waals surface area contributed by atoms with Gasteiger partial charge in [-0.15, -0.1) is 0 Å². The van der Waals surface area contributed by atoms with Gasteiger partial charge in [0.1, 0.15) is 5.02 Å². The van der Waals surface area contributed by atoms with Gasteiger partial charge in [0.2, 0.25) is 0 Å². The van der Waals surface area contributed by atoms with Gasteiger partial charge in [0.05, 0.1) is 17.2 Å². The van der Waals surface area contributed by atoms with E-state index in [1.807, 2.05) is 0 Å². The highest BCUT2D eigenvalue weighted by Crippen LogP contribution is 2.25. The van der Waals surface area contributed by atoms with E-state index < -0.39 is 4.92 Å². The first-order chi connectivity index (χ1) is 8.97. The summed E-state index contributed by atoms with van der Waals surface area (Å²) in [5.41, 5.74) is 0.849. The number of hydrogen-bond donors (Lipinski definition) is 0. The molecule has 0 saturated carbocycles. The van der Waals surface area contributed by atoms with Gasteiger partial charge in [-0.2, -0.15) is 5.10 Å². The van der Waals surface area contributed by atoms with Crippen LogP contribution < -0.4 is 5.56 Å². The molecular weight excluding hydrogens is 270 g/mol. The lowest BCUT2D eigenvalue weighted by molar-refractivity contribution is -0.384. The molecule has 0 spiro atoms. The minimum atomic E-state index is -0.557. The first-order valence-electron chi connectivity index (χ1n) is 5.45. The van der Waals surface area contributed by atoms with E-state index in [1.165, 1.54) is 22.9 Å². The Kier molecular flexibility index (Phi) is 3.62. The first-order valence-corrected chi connectivity index (χ1v) is 5.83. The molecule has 0 aliphatic carbocycles. The molecule has 0 amide bonds. The number of benzene rings is 1. The van der Waals surface area contributed by atoms with Gasteiger partial charge in [-0.05, 0) is 24.6 Å². The first kappa shape index (κ1) is 13.2. The number of rotatable bonds is 3. The Labute approximate surface area is 113 Å². The number of aromatic nitrogens is 2. The Morgan fingerprint density at radius 2 is 2.11 bits per heavy atom. The van der Waals surface area contributed by atoms with E-state index in [9.17, 15) is 14.9 Å². The molecule has 2 aromatic rings. The van der Waals surface area contributed by atoms with Gasteiger partial charge in [0.25, 0.3) is 11.2 Å². The van der Waals surface area contributed by atoms with E-state index in [-0.39, 0.29) is 22.8 Å². The van der Waals surface area contributed by atoms with Gasteiger partial charge in [0.15, 0.2) is 0 Å². The third kappa shape index (κ3) is 2.97. The van der Waals surface area contributed by atoms with E-state index in [0.717, 1.165) is 0 Å². The van der Waals surface area contributed by atoms with Crippen molar-refractivity contribution in [2.24, 2.45) is 0 Å². The fourth-order valence-corrected chi connectivity index (χ4v) is 1.82. The molecule has 1 aromatic carbocycles. The lowest BCUT2D eigenvalue weighted by atomic mass is 10.2. The second-order valence-corrected chi connectivity index (χ2v) is 4.42. The smallest absolute Gasteiger partial charge is 0.268 e. The van der Waals surface area contributed by atoms with Crippen LogP contribution in [0.15, 0.2) is 35.1 Å². The lowest BCUT2D eigenvalue weighted by Crippen LogP contribution is -2.23. The highest BCUT2D eigenvalue weighted by Gasteiger charge is 2.13. The molecule has 0 radical (unpaired) electrons. The summed E-state index contributed by atoms with van der Waals surface area (Å²) in [5, 5.41) is 14.9. The van der Waals surface area contributed by atoms with Crippen molar-refractivity contribution in [2.75, 3.05) is 0 Å². The maximum atomic E-state index is 11.6. The molecule has 1 heterocycles. The van der Waals surface area contributed by atoms with Crippen LogP contribution in [0.25, 0.3) is 0 Å². The minimum absolute atomic E-state index is 0.0679. The molecule has 0 N–H and O–H groups in total. The summed E-state index contributed by atoms with van der Waals surface area (Å²) in [7, 11) is 0. The van der Waals surface area contributed by atoms with Crippen molar-refractivity contribution in [3.63, 3.8) is 0 Å². The molecule has 6 nitrogen and oxygen atoms in total. The van der Waals surface area contributed by atoms with Gasteiger partial charge in [-0.25, -0.2) is 4.68 Å². The topological polar surface area (TPSA) is 78.0 Å².